The van der Waals surface area contributed by atoms with Crippen molar-refractivity contribution in [3.8, 4) is 0 Å². The van der Waals surface area contributed by atoms with Crippen LogP contribution in [0.25, 0.3) is 0 Å². The highest BCUT2D eigenvalue weighted by molar-refractivity contribution is 5.59. The van der Waals surface area contributed by atoms with Crippen molar-refractivity contribution in [3.63, 3.8) is 0 Å². The van der Waals surface area contributed by atoms with Crippen LogP contribution in [0.5, 0.6) is 0 Å². The maximum absolute atomic E-state index is 9.25. The Morgan fingerprint density at radius 1 is 1.44 bits per heavy atom. The number of nitrogens with two attached hydrogens (primary N) is 1. The van der Waals surface area contributed by atoms with E-state index in [1.54, 1.807) is 0 Å². The summed E-state index contributed by atoms with van der Waals surface area (Å²) in [6.07, 6.45) is 5.10. The fourth-order valence-corrected chi connectivity index (χ4v) is 2.45. The zero-order valence-corrected chi connectivity index (χ0v) is 11.1. The van der Waals surface area contributed by atoms with Gasteiger partial charge in [-0.15, -0.1) is 0 Å². The number of aliphatic hydroxyl groups is 1. The predicted molar refractivity (Wildman–Crippen MR) is 72.6 cm³/mol. The van der Waals surface area contributed by atoms with Crippen molar-refractivity contribution < 1.29 is 5.11 Å². The van der Waals surface area contributed by atoms with Crippen LogP contribution in [-0.2, 0) is 0 Å². The van der Waals surface area contributed by atoms with Crippen LogP contribution in [0.4, 0.5) is 11.6 Å². The molecule has 5 heteroatoms. The van der Waals surface area contributed by atoms with Crippen molar-refractivity contribution >= 4 is 11.6 Å². The Hall–Kier alpha value is -1.36. The second kappa shape index (κ2) is 5.52. The largest absolute Gasteiger partial charge is 0.395 e. The minimum Gasteiger partial charge on any atom is -0.395 e. The summed E-state index contributed by atoms with van der Waals surface area (Å²) in [5.74, 6) is 1.73. The van der Waals surface area contributed by atoms with Crippen molar-refractivity contribution in [2.24, 2.45) is 0 Å². The Morgan fingerprint density at radius 3 is 2.67 bits per heavy atom. The molecular formula is C13H22N4O. The molecule has 1 aromatic rings. The monoisotopic (exact) mass is 250 g/mol. The Labute approximate surface area is 108 Å². The minimum atomic E-state index is 0.137. The lowest BCUT2D eigenvalue weighted by Crippen LogP contribution is -2.43. The first-order valence-corrected chi connectivity index (χ1v) is 6.63. The van der Waals surface area contributed by atoms with Gasteiger partial charge in [0, 0.05) is 18.2 Å². The molecule has 3 N–H and O–H groups in total. The fraction of sp³-hybridized carbons (Fsp3) is 0.692. The molecule has 1 heterocycles. The highest BCUT2D eigenvalue weighted by Gasteiger charge is 2.28. The van der Waals surface area contributed by atoms with Gasteiger partial charge in [-0.25, -0.2) is 9.97 Å². The molecule has 18 heavy (non-hydrogen) atoms. The molecule has 0 atom stereocenters. The van der Waals surface area contributed by atoms with Crippen LogP contribution < -0.4 is 10.6 Å². The minimum absolute atomic E-state index is 0.137. The maximum Gasteiger partial charge on any atom is 0.137 e. The molecular weight excluding hydrogens is 228 g/mol. The molecule has 1 aliphatic carbocycles. The first-order valence-electron chi connectivity index (χ1n) is 6.63. The molecule has 0 radical (unpaired) electrons. The Morgan fingerprint density at radius 2 is 2.17 bits per heavy atom. The van der Waals surface area contributed by atoms with E-state index >= 15 is 0 Å². The maximum atomic E-state index is 9.25. The molecule has 2 rings (SSSR count). The number of nitrogen functional groups attached to an aromatic ring is 1. The highest BCUT2D eigenvalue weighted by atomic mass is 16.3. The van der Waals surface area contributed by atoms with E-state index in [4.69, 9.17) is 5.73 Å². The normalized spacial score (nSPS) is 15.8. The topological polar surface area (TPSA) is 75.3 Å². The van der Waals surface area contributed by atoms with Crippen molar-refractivity contribution in [1.29, 1.82) is 0 Å². The van der Waals surface area contributed by atoms with Crippen molar-refractivity contribution in [2.45, 2.75) is 45.1 Å². The third kappa shape index (κ3) is 2.41. The molecule has 0 aliphatic heterocycles. The summed E-state index contributed by atoms with van der Waals surface area (Å²) in [4.78, 5) is 10.7. The van der Waals surface area contributed by atoms with E-state index in [0.717, 1.165) is 11.4 Å². The van der Waals surface area contributed by atoms with E-state index in [2.05, 4.69) is 28.7 Å². The smallest absolute Gasteiger partial charge is 0.137 e. The van der Waals surface area contributed by atoms with Crippen molar-refractivity contribution in [1.82, 2.24) is 9.97 Å². The summed E-state index contributed by atoms with van der Waals surface area (Å²) in [7, 11) is 0. The van der Waals surface area contributed by atoms with E-state index in [9.17, 15) is 5.11 Å². The van der Waals surface area contributed by atoms with Crippen LogP contribution in [0.15, 0.2) is 6.33 Å². The first-order chi connectivity index (χ1) is 8.65. The number of nitrogens with zero attached hydrogens (tertiary/aromatic N) is 3. The van der Waals surface area contributed by atoms with Crippen LogP contribution in [-0.4, -0.2) is 34.3 Å². The van der Waals surface area contributed by atoms with E-state index < -0.39 is 0 Å². The summed E-state index contributed by atoms with van der Waals surface area (Å²) in [6.45, 7) is 4.94. The molecule has 1 saturated carbocycles. The van der Waals surface area contributed by atoms with Gasteiger partial charge in [-0.3, -0.25) is 0 Å². The van der Waals surface area contributed by atoms with Gasteiger partial charge < -0.3 is 15.7 Å². The fourth-order valence-electron chi connectivity index (χ4n) is 2.45. The highest BCUT2D eigenvalue weighted by Crippen LogP contribution is 2.34. The quantitative estimate of drug-likeness (QED) is 0.829. The summed E-state index contributed by atoms with van der Waals surface area (Å²) in [5.41, 5.74) is 6.97. The number of hydrogen-bond donors (Lipinski definition) is 2. The molecule has 0 aromatic carbocycles. The van der Waals surface area contributed by atoms with Crippen molar-refractivity contribution in [3.05, 3.63) is 11.9 Å². The average Bonchev–Trinajstić information content (AvgIpc) is 2.25. The van der Waals surface area contributed by atoms with Crippen LogP contribution in [0.1, 0.15) is 44.6 Å². The summed E-state index contributed by atoms with van der Waals surface area (Å²) in [6, 6.07) is 0.490. The van der Waals surface area contributed by atoms with E-state index in [0.29, 0.717) is 18.4 Å². The SMILES string of the molecule is CC(C)c1c(N)ncnc1N(CCO)C1CCC1. The molecule has 1 fully saturated rings. The Kier molecular flexibility index (Phi) is 4.01. The third-order valence-electron chi connectivity index (χ3n) is 3.60. The van der Waals surface area contributed by atoms with Crippen LogP contribution in [0.2, 0.25) is 0 Å². The summed E-state index contributed by atoms with van der Waals surface area (Å²) >= 11 is 0. The van der Waals surface area contributed by atoms with Gasteiger partial charge in [0.05, 0.1) is 6.61 Å². The van der Waals surface area contributed by atoms with E-state index in [-0.39, 0.29) is 12.5 Å². The zero-order chi connectivity index (χ0) is 13.1. The lowest BCUT2D eigenvalue weighted by atomic mass is 9.90. The van der Waals surface area contributed by atoms with E-state index in [1.807, 2.05) is 0 Å². The molecule has 100 valence electrons. The predicted octanol–water partition coefficient (Wildman–Crippen LogP) is 1.53. The molecule has 0 spiro atoms. The standard InChI is InChI=1S/C13H22N4O/c1-9(2)11-12(14)15-8-16-13(11)17(6-7-18)10-4-3-5-10/h8-10,18H,3-7H2,1-2H3,(H2,14,15,16). The average molecular weight is 250 g/mol. The summed E-state index contributed by atoms with van der Waals surface area (Å²) in [5, 5.41) is 9.25. The molecule has 5 nitrogen and oxygen atoms in total. The zero-order valence-electron chi connectivity index (χ0n) is 11.1. The lowest BCUT2D eigenvalue weighted by Gasteiger charge is -2.39. The Balaban J connectivity index is 2.36. The van der Waals surface area contributed by atoms with Crippen LogP contribution in [0, 0.1) is 0 Å². The van der Waals surface area contributed by atoms with Gasteiger partial charge in [0.1, 0.15) is 18.0 Å². The van der Waals surface area contributed by atoms with Crippen LogP contribution in [0.3, 0.4) is 0 Å². The molecule has 1 aliphatic rings. The molecule has 0 saturated heterocycles. The van der Waals surface area contributed by atoms with Crippen LogP contribution >= 0.6 is 0 Å². The van der Waals surface area contributed by atoms with Gasteiger partial charge in [0.25, 0.3) is 0 Å². The number of hydrogen-bond acceptors (Lipinski definition) is 5. The number of aromatic nitrogens is 2. The molecule has 0 bridgehead atoms. The number of aliphatic hydroxyl groups excluding tert-OH is 1. The van der Waals surface area contributed by atoms with Gasteiger partial charge in [0.2, 0.25) is 0 Å². The molecule has 1 aromatic heterocycles. The molecule has 0 unspecified atom stereocenters. The second-order valence-electron chi connectivity index (χ2n) is 5.15. The van der Waals surface area contributed by atoms with Gasteiger partial charge in [-0.05, 0) is 25.2 Å². The second-order valence-corrected chi connectivity index (χ2v) is 5.15. The number of rotatable bonds is 5. The third-order valence-corrected chi connectivity index (χ3v) is 3.60. The summed E-state index contributed by atoms with van der Waals surface area (Å²) < 4.78 is 0. The Bertz CT molecular complexity index is 404. The molecule has 0 amide bonds. The number of anilines is 2. The van der Waals surface area contributed by atoms with Gasteiger partial charge in [0.15, 0.2) is 0 Å². The van der Waals surface area contributed by atoms with E-state index in [1.165, 1.54) is 25.6 Å². The lowest BCUT2D eigenvalue weighted by molar-refractivity contribution is 0.282. The van der Waals surface area contributed by atoms with Gasteiger partial charge >= 0.3 is 0 Å². The van der Waals surface area contributed by atoms with Gasteiger partial charge in [-0.1, -0.05) is 13.8 Å². The first kappa shape index (κ1) is 13.1. The van der Waals surface area contributed by atoms with Gasteiger partial charge in [-0.2, -0.15) is 0 Å². The van der Waals surface area contributed by atoms with Crippen molar-refractivity contribution in [2.75, 3.05) is 23.8 Å².